The first-order chi connectivity index (χ1) is 11.0. The summed E-state index contributed by atoms with van der Waals surface area (Å²) in [5.41, 5.74) is 1.29. The van der Waals surface area contributed by atoms with Gasteiger partial charge in [0.2, 0.25) is 0 Å². The van der Waals surface area contributed by atoms with Crippen molar-refractivity contribution in [1.29, 1.82) is 0 Å². The molecule has 0 aliphatic rings. The van der Waals surface area contributed by atoms with Crippen molar-refractivity contribution < 1.29 is 14.3 Å². The van der Waals surface area contributed by atoms with Crippen LogP contribution in [0.4, 0.5) is 0 Å². The van der Waals surface area contributed by atoms with Gasteiger partial charge in [0.25, 0.3) is 0 Å². The van der Waals surface area contributed by atoms with Crippen LogP contribution in [-0.2, 0) is 11.3 Å². The highest BCUT2D eigenvalue weighted by molar-refractivity contribution is 9.10. The average molecular weight is 416 g/mol. The molecule has 0 aliphatic heterocycles. The normalized spacial score (nSPS) is 10.2. The first-order valence-corrected chi connectivity index (χ1v) is 8.20. The Bertz CT molecular complexity index is 691. The molecular weight excluding hydrogens is 403 g/mol. The quantitative estimate of drug-likeness (QED) is 0.449. The largest absolute Gasteiger partial charge is 0.486 e. The maximum atomic E-state index is 11.8. The third-order valence-corrected chi connectivity index (χ3v) is 3.98. The minimum atomic E-state index is -0.475. The minimum Gasteiger partial charge on any atom is -0.486 e. The van der Waals surface area contributed by atoms with Crippen molar-refractivity contribution >= 4 is 45.1 Å². The number of esters is 1. The first kappa shape index (κ1) is 17.9. The molecule has 2 rings (SSSR count). The maximum absolute atomic E-state index is 11.8. The number of rotatable bonds is 6. The van der Waals surface area contributed by atoms with Crippen molar-refractivity contribution in [3.8, 4) is 5.75 Å². The molecule has 0 spiro atoms. The number of carbonyl (C=O) groups excluding carboxylic acids is 1. The van der Waals surface area contributed by atoms with Gasteiger partial charge in [-0.15, -0.1) is 0 Å². The standard InChI is InChI=1S/C17H13BrCl2O3/c1-2-7-22-17(21)12-8-14(18)16(15(20)9-12)23-10-11-3-5-13(19)6-4-11/h2-6,8-9H,1,7,10H2. The Morgan fingerprint density at radius 3 is 2.52 bits per heavy atom. The third kappa shape index (κ3) is 4.99. The number of hydrogen-bond acceptors (Lipinski definition) is 3. The number of hydrogen-bond donors (Lipinski definition) is 0. The van der Waals surface area contributed by atoms with Gasteiger partial charge in [0.1, 0.15) is 13.2 Å². The molecule has 0 radical (unpaired) electrons. The van der Waals surface area contributed by atoms with E-state index in [4.69, 9.17) is 32.7 Å². The van der Waals surface area contributed by atoms with Gasteiger partial charge in [0, 0.05) is 5.02 Å². The van der Waals surface area contributed by atoms with E-state index in [0.717, 1.165) is 5.56 Å². The van der Waals surface area contributed by atoms with Crippen molar-refractivity contribution in [1.82, 2.24) is 0 Å². The molecule has 0 atom stereocenters. The Kier molecular flexibility index (Phi) is 6.51. The van der Waals surface area contributed by atoms with E-state index in [1.165, 1.54) is 12.1 Å². The van der Waals surface area contributed by atoms with Crippen molar-refractivity contribution in [3.05, 3.63) is 74.7 Å². The molecule has 0 aliphatic carbocycles. The lowest BCUT2D eigenvalue weighted by Crippen LogP contribution is -2.06. The first-order valence-electron chi connectivity index (χ1n) is 6.65. The summed E-state index contributed by atoms with van der Waals surface area (Å²) in [6.45, 7) is 3.96. The van der Waals surface area contributed by atoms with E-state index in [9.17, 15) is 4.79 Å². The maximum Gasteiger partial charge on any atom is 0.338 e. The Morgan fingerprint density at radius 1 is 1.22 bits per heavy atom. The van der Waals surface area contributed by atoms with Crippen LogP contribution in [0, 0.1) is 0 Å². The van der Waals surface area contributed by atoms with E-state index in [2.05, 4.69) is 22.5 Å². The zero-order chi connectivity index (χ0) is 16.8. The van der Waals surface area contributed by atoms with E-state index in [1.807, 2.05) is 12.1 Å². The monoisotopic (exact) mass is 414 g/mol. The van der Waals surface area contributed by atoms with E-state index in [-0.39, 0.29) is 6.61 Å². The summed E-state index contributed by atoms with van der Waals surface area (Å²) < 4.78 is 11.3. The van der Waals surface area contributed by atoms with Crippen LogP contribution in [0.5, 0.6) is 5.75 Å². The highest BCUT2D eigenvalue weighted by atomic mass is 79.9. The molecule has 0 bridgehead atoms. The molecule has 0 unspecified atom stereocenters. The fourth-order valence-electron chi connectivity index (χ4n) is 1.77. The van der Waals surface area contributed by atoms with Crippen molar-refractivity contribution in [3.63, 3.8) is 0 Å². The summed E-state index contributed by atoms with van der Waals surface area (Å²) in [6.07, 6.45) is 1.50. The molecule has 2 aromatic rings. The predicted molar refractivity (Wildman–Crippen MR) is 95.4 cm³/mol. The fraction of sp³-hybridized carbons (Fsp3) is 0.118. The van der Waals surface area contributed by atoms with Crippen molar-refractivity contribution in [2.24, 2.45) is 0 Å². The topological polar surface area (TPSA) is 35.5 Å². The average Bonchev–Trinajstić information content (AvgIpc) is 2.53. The second kappa shape index (κ2) is 8.39. The number of halogens is 3. The molecule has 3 nitrogen and oxygen atoms in total. The van der Waals surface area contributed by atoms with Crippen LogP contribution in [0.1, 0.15) is 15.9 Å². The molecule has 0 aromatic heterocycles. The van der Waals surface area contributed by atoms with Gasteiger partial charge in [0.15, 0.2) is 5.75 Å². The number of benzene rings is 2. The van der Waals surface area contributed by atoms with E-state index < -0.39 is 5.97 Å². The summed E-state index contributed by atoms with van der Waals surface area (Å²) in [7, 11) is 0. The van der Waals surface area contributed by atoms with Crippen molar-refractivity contribution in [2.75, 3.05) is 6.61 Å². The molecule has 6 heteroatoms. The van der Waals surface area contributed by atoms with Crippen LogP contribution in [0.2, 0.25) is 10.0 Å². The smallest absolute Gasteiger partial charge is 0.338 e. The van der Waals surface area contributed by atoms with Gasteiger partial charge in [-0.05, 0) is 45.8 Å². The van der Waals surface area contributed by atoms with Gasteiger partial charge in [-0.2, -0.15) is 0 Å². The Labute approximate surface area is 152 Å². The van der Waals surface area contributed by atoms with Gasteiger partial charge in [-0.1, -0.05) is 48.0 Å². The fourth-order valence-corrected chi connectivity index (χ4v) is 2.86. The summed E-state index contributed by atoms with van der Waals surface area (Å²) >= 11 is 15.4. The summed E-state index contributed by atoms with van der Waals surface area (Å²) in [5.74, 6) is -0.0151. The third-order valence-electron chi connectivity index (χ3n) is 2.86. The Morgan fingerprint density at radius 2 is 1.91 bits per heavy atom. The van der Waals surface area contributed by atoms with E-state index in [0.29, 0.717) is 32.4 Å². The number of ether oxygens (including phenoxy) is 2. The second-order valence-corrected chi connectivity index (χ2v) is 6.27. The Hall–Kier alpha value is -1.49. The lowest BCUT2D eigenvalue weighted by molar-refractivity contribution is 0.0549. The zero-order valence-corrected chi connectivity index (χ0v) is 15.1. The van der Waals surface area contributed by atoms with Crippen LogP contribution in [0.15, 0.2) is 53.5 Å². The molecule has 120 valence electrons. The predicted octanol–water partition coefficient (Wildman–Crippen LogP) is 5.68. The molecule has 0 fully saturated rings. The summed E-state index contributed by atoms with van der Waals surface area (Å²) in [6, 6.07) is 10.4. The van der Waals surface area contributed by atoms with E-state index >= 15 is 0 Å². The van der Waals surface area contributed by atoms with Crippen LogP contribution in [0.3, 0.4) is 0 Å². The van der Waals surface area contributed by atoms with Crippen LogP contribution >= 0.6 is 39.1 Å². The summed E-state index contributed by atoms with van der Waals surface area (Å²) in [4.78, 5) is 11.8. The molecule has 0 saturated carbocycles. The van der Waals surface area contributed by atoms with Crippen LogP contribution in [0.25, 0.3) is 0 Å². The highest BCUT2D eigenvalue weighted by Gasteiger charge is 2.15. The SMILES string of the molecule is C=CCOC(=O)c1cc(Cl)c(OCc2ccc(Cl)cc2)c(Br)c1. The van der Waals surface area contributed by atoms with Gasteiger partial charge in [-0.3, -0.25) is 0 Å². The molecule has 0 heterocycles. The van der Waals surface area contributed by atoms with Gasteiger partial charge < -0.3 is 9.47 Å². The molecule has 0 saturated heterocycles. The van der Waals surface area contributed by atoms with Gasteiger partial charge >= 0.3 is 5.97 Å². The van der Waals surface area contributed by atoms with Gasteiger partial charge in [-0.25, -0.2) is 4.79 Å². The lowest BCUT2D eigenvalue weighted by Gasteiger charge is -2.12. The Balaban J connectivity index is 2.12. The van der Waals surface area contributed by atoms with Crippen molar-refractivity contribution in [2.45, 2.75) is 6.61 Å². The summed E-state index contributed by atoms with van der Waals surface area (Å²) in [5, 5.41) is 0.981. The molecule has 0 N–H and O–H groups in total. The lowest BCUT2D eigenvalue weighted by atomic mass is 10.2. The van der Waals surface area contributed by atoms with Crippen LogP contribution < -0.4 is 4.74 Å². The molecule has 23 heavy (non-hydrogen) atoms. The minimum absolute atomic E-state index is 0.142. The van der Waals surface area contributed by atoms with E-state index in [1.54, 1.807) is 18.2 Å². The second-order valence-electron chi connectivity index (χ2n) is 4.57. The van der Waals surface area contributed by atoms with Crippen LogP contribution in [-0.4, -0.2) is 12.6 Å². The molecule has 2 aromatic carbocycles. The molecular formula is C17H13BrCl2O3. The highest BCUT2D eigenvalue weighted by Crippen LogP contribution is 2.35. The van der Waals surface area contributed by atoms with Gasteiger partial charge in [0.05, 0.1) is 15.1 Å². The molecule has 0 amide bonds. The zero-order valence-electron chi connectivity index (χ0n) is 12.0. The number of carbonyl (C=O) groups is 1.